The number of hydrogen-bond acceptors (Lipinski definition) is 5. The van der Waals surface area contributed by atoms with E-state index in [1.54, 1.807) is 6.33 Å². The van der Waals surface area contributed by atoms with Gasteiger partial charge in [0.05, 0.1) is 6.33 Å². The maximum absolute atomic E-state index is 12.7. The number of nitrogens with zero attached hydrogens (tertiary/aromatic N) is 5. The summed E-state index contributed by atoms with van der Waals surface area (Å²) in [6.45, 7) is 1.44. The van der Waals surface area contributed by atoms with Gasteiger partial charge in [0.2, 0.25) is 5.91 Å². The maximum atomic E-state index is 12.7. The molecule has 138 valence electrons. The van der Waals surface area contributed by atoms with E-state index in [-0.39, 0.29) is 11.9 Å². The van der Waals surface area contributed by atoms with E-state index in [0.717, 1.165) is 29.9 Å². The fraction of sp³-hybridized carbons (Fsp3) is 0.684. The van der Waals surface area contributed by atoms with Crippen molar-refractivity contribution in [2.75, 3.05) is 18.0 Å². The second-order valence-electron chi connectivity index (χ2n) is 7.99. The molecule has 3 heterocycles. The average Bonchev–Trinajstić information content (AvgIpc) is 3.42. The lowest BCUT2D eigenvalue weighted by Crippen LogP contribution is -2.56. The van der Waals surface area contributed by atoms with E-state index in [1.165, 1.54) is 44.9 Å². The second kappa shape index (κ2) is 6.52. The molecule has 1 saturated heterocycles. The topological polar surface area (TPSA) is 75.9 Å². The first-order valence-electron chi connectivity index (χ1n) is 10.0. The summed E-state index contributed by atoms with van der Waals surface area (Å²) in [5.41, 5.74) is 1.74. The van der Waals surface area contributed by atoms with Crippen molar-refractivity contribution in [2.24, 2.45) is 5.92 Å². The quantitative estimate of drug-likeness (QED) is 0.913. The summed E-state index contributed by atoms with van der Waals surface area (Å²) < 4.78 is 2.17. The largest absolute Gasteiger partial charge is 0.353 e. The lowest BCUT2D eigenvalue weighted by Gasteiger charge is -2.38. The normalized spacial score (nSPS) is 24.8. The van der Waals surface area contributed by atoms with Crippen LogP contribution in [0.3, 0.4) is 0 Å². The van der Waals surface area contributed by atoms with Gasteiger partial charge in [-0.3, -0.25) is 4.79 Å². The molecule has 1 N–H and O–H groups in total. The van der Waals surface area contributed by atoms with Gasteiger partial charge in [0.25, 0.3) is 0 Å². The fourth-order valence-corrected chi connectivity index (χ4v) is 4.61. The number of piperazine rings is 1. The maximum Gasteiger partial charge on any atom is 0.242 e. The van der Waals surface area contributed by atoms with Gasteiger partial charge < -0.3 is 14.8 Å². The van der Waals surface area contributed by atoms with Crippen LogP contribution in [-0.2, 0) is 4.79 Å². The number of anilines is 1. The third kappa shape index (κ3) is 2.83. The molecule has 7 nitrogen and oxygen atoms in total. The molecule has 7 heteroatoms. The van der Waals surface area contributed by atoms with Crippen LogP contribution in [0.1, 0.15) is 57.4 Å². The number of fused-ring (bicyclic) bond motifs is 1. The van der Waals surface area contributed by atoms with Crippen molar-refractivity contribution >= 4 is 22.9 Å². The van der Waals surface area contributed by atoms with Crippen LogP contribution in [-0.4, -0.2) is 44.6 Å². The Labute approximate surface area is 153 Å². The molecule has 1 amide bonds. The first kappa shape index (κ1) is 16.0. The molecule has 5 rings (SSSR count). The van der Waals surface area contributed by atoms with Gasteiger partial charge in [0, 0.05) is 19.1 Å². The van der Waals surface area contributed by atoms with Crippen molar-refractivity contribution in [2.45, 2.75) is 63.5 Å². The molecule has 26 heavy (non-hydrogen) atoms. The van der Waals surface area contributed by atoms with Gasteiger partial charge in [-0.15, -0.1) is 0 Å². The molecule has 1 unspecified atom stereocenters. The minimum absolute atomic E-state index is 0.134. The van der Waals surface area contributed by atoms with Crippen LogP contribution >= 0.6 is 0 Å². The van der Waals surface area contributed by atoms with Gasteiger partial charge in [0.15, 0.2) is 17.0 Å². The van der Waals surface area contributed by atoms with Gasteiger partial charge in [-0.2, -0.15) is 0 Å². The van der Waals surface area contributed by atoms with Crippen molar-refractivity contribution in [3.63, 3.8) is 0 Å². The summed E-state index contributed by atoms with van der Waals surface area (Å²) in [6.07, 6.45) is 13.2. The Kier molecular flexibility index (Phi) is 4.02. The average molecular weight is 354 g/mol. The number of hydrogen-bond donors (Lipinski definition) is 1. The molecule has 2 aromatic heterocycles. The Bertz CT molecular complexity index is 807. The predicted molar refractivity (Wildman–Crippen MR) is 98.9 cm³/mol. The Hall–Kier alpha value is -2.18. The highest BCUT2D eigenvalue weighted by Gasteiger charge is 2.35. The van der Waals surface area contributed by atoms with Crippen LogP contribution in [0, 0.1) is 5.92 Å². The van der Waals surface area contributed by atoms with Crippen molar-refractivity contribution in [1.82, 2.24) is 24.8 Å². The third-order valence-electron chi connectivity index (χ3n) is 6.16. The molecular formula is C19H26N6O. The number of imidazole rings is 1. The molecule has 1 atom stereocenters. The fourth-order valence-electron chi connectivity index (χ4n) is 4.61. The summed E-state index contributed by atoms with van der Waals surface area (Å²) in [6, 6.07) is 0.390. The molecule has 3 fully saturated rings. The summed E-state index contributed by atoms with van der Waals surface area (Å²) in [5.74, 6) is 1.60. The van der Waals surface area contributed by atoms with Crippen LogP contribution in [0.5, 0.6) is 0 Å². The van der Waals surface area contributed by atoms with E-state index in [1.807, 2.05) is 6.33 Å². The lowest BCUT2D eigenvalue weighted by atomic mass is 9.84. The van der Waals surface area contributed by atoms with Gasteiger partial charge in [-0.1, -0.05) is 32.1 Å². The molecule has 1 aliphatic heterocycles. The Morgan fingerprint density at radius 3 is 2.73 bits per heavy atom. The predicted octanol–water partition coefficient (Wildman–Crippen LogP) is 2.44. The lowest BCUT2D eigenvalue weighted by molar-refractivity contribution is -0.123. The molecule has 0 radical (unpaired) electrons. The minimum atomic E-state index is -0.143. The molecule has 0 aromatic carbocycles. The zero-order valence-corrected chi connectivity index (χ0v) is 15.1. The van der Waals surface area contributed by atoms with E-state index in [9.17, 15) is 4.79 Å². The van der Waals surface area contributed by atoms with Crippen molar-refractivity contribution in [3.8, 4) is 0 Å². The molecule has 2 aromatic rings. The smallest absolute Gasteiger partial charge is 0.242 e. The van der Waals surface area contributed by atoms with E-state index in [4.69, 9.17) is 0 Å². The van der Waals surface area contributed by atoms with Crippen LogP contribution < -0.4 is 10.2 Å². The van der Waals surface area contributed by atoms with Gasteiger partial charge >= 0.3 is 0 Å². The molecule has 0 bridgehead atoms. The van der Waals surface area contributed by atoms with Crippen molar-refractivity contribution in [3.05, 3.63) is 12.7 Å². The number of carbonyl (C=O) groups excluding carboxylic acids is 1. The highest BCUT2D eigenvalue weighted by Crippen LogP contribution is 2.38. The van der Waals surface area contributed by atoms with Crippen LogP contribution in [0.4, 0.5) is 5.82 Å². The summed E-state index contributed by atoms with van der Waals surface area (Å²) in [7, 11) is 0. The number of carbonyl (C=O) groups is 1. The Morgan fingerprint density at radius 1 is 1.08 bits per heavy atom. The molecular weight excluding hydrogens is 328 g/mol. The van der Waals surface area contributed by atoms with Crippen LogP contribution in [0.2, 0.25) is 0 Å². The second-order valence-corrected chi connectivity index (χ2v) is 7.99. The van der Waals surface area contributed by atoms with E-state index in [0.29, 0.717) is 18.5 Å². The zero-order valence-electron chi connectivity index (χ0n) is 15.1. The number of nitrogens with one attached hydrogen (secondary N) is 1. The highest BCUT2D eigenvalue weighted by molar-refractivity contribution is 5.90. The SMILES string of the molecule is O=C1NCCN(c2ncnc3c2ncn3C2CC2)C1CC1CCCCC1. The van der Waals surface area contributed by atoms with Crippen molar-refractivity contribution in [1.29, 1.82) is 0 Å². The Morgan fingerprint density at radius 2 is 1.92 bits per heavy atom. The number of aromatic nitrogens is 4. The van der Waals surface area contributed by atoms with Crippen molar-refractivity contribution < 1.29 is 4.79 Å². The number of rotatable bonds is 4. The minimum Gasteiger partial charge on any atom is -0.353 e. The van der Waals surface area contributed by atoms with E-state index < -0.39 is 0 Å². The first-order valence-corrected chi connectivity index (χ1v) is 10.0. The van der Waals surface area contributed by atoms with Crippen LogP contribution in [0.25, 0.3) is 11.2 Å². The van der Waals surface area contributed by atoms with Gasteiger partial charge in [-0.25, -0.2) is 15.0 Å². The summed E-state index contributed by atoms with van der Waals surface area (Å²) in [4.78, 5) is 28.5. The Balaban J connectivity index is 1.48. The first-order chi connectivity index (χ1) is 12.8. The molecule has 3 aliphatic rings. The standard InChI is InChI=1S/C19H26N6O/c26-19-15(10-13-4-2-1-3-5-13)24(9-8-20-19)17-16-18(22-11-21-17)25(12-23-16)14-6-7-14/h11-15H,1-10H2,(H,20,26). The summed E-state index contributed by atoms with van der Waals surface area (Å²) in [5, 5.41) is 3.05. The number of amides is 1. The molecule has 2 saturated carbocycles. The molecule has 2 aliphatic carbocycles. The zero-order chi connectivity index (χ0) is 17.5. The monoisotopic (exact) mass is 354 g/mol. The van der Waals surface area contributed by atoms with E-state index >= 15 is 0 Å². The summed E-state index contributed by atoms with van der Waals surface area (Å²) >= 11 is 0. The molecule has 0 spiro atoms. The highest BCUT2D eigenvalue weighted by atomic mass is 16.2. The van der Waals surface area contributed by atoms with Gasteiger partial charge in [-0.05, 0) is 25.2 Å². The third-order valence-corrected chi connectivity index (χ3v) is 6.16. The van der Waals surface area contributed by atoms with Crippen LogP contribution in [0.15, 0.2) is 12.7 Å². The van der Waals surface area contributed by atoms with Gasteiger partial charge in [0.1, 0.15) is 12.4 Å². The van der Waals surface area contributed by atoms with E-state index in [2.05, 4.69) is 29.7 Å².